The highest BCUT2D eigenvalue weighted by Crippen LogP contribution is 2.38. The molecule has 0 unspecified atom stereocenters. The first-order chi connectivity index (χ1) is 12.3. The number of anilines is 1. The third-order valence-corrected chi connectivity index (χ3v) is 4.79. The lowest BCUT2D eigenvalue weighted by Crippen LogP contribution is -2.33. The van der Waals surface area contributed by atoms with Gasteiger partial charge in [-0.2, -0.15) is 13.2 Å². The smallest absolute Gasteiger partial charge is 0.456 e. The van der Waals surface area contributed by atoms with Crippen molar-refractivity contribution in [1.82, 2.24) is 4.57 Å². The van der Waals surface area contributed by atoms with Gasteiger partial charge in [0.15, 0.2) is 0 Å². The molecule has 1 fully saturated rings. The van der Waals surface area contributed by atoms with Crippen molar-refractivity contribution in [3.8, 4) is 0 Å². The van der Waals surface area contributed by atoms with Gasteiger partial charge in [0.25, 0.3) is 0 Å². The first-order valence-electron chi connectivity index (χ1n) is 9.16. The average molecular weight is 388 g/mol. The second-order valence-corrected chi connectivity index (χ2v) is 8.05. The summed E-state index contributed by atoms with van der Waals surface area (Å²) >= 11 is 0. The third kappa shape index (κ3) is 4.84. The minimum atomic E-state index is -5.05. The Kier molecular flexibility index (Phi) is 5.97. The van der Waals surface area contributed by atoms with Gasteiger partial charge in [-0.15, -0.1) is 0 Å². The Morgan fingerprint density at radius 1 is 1.07 bits per heavy atom. The molecule has 27 heavy (non-hydrogen) atoms. The minimum absolute atomic E-state index is 0.00871. The summed E-state index contributed by atoms with van der Waals surface area (Å²) in [7, 11) is 0. The maximum absolute atomic E-state index is 12.9. The van der Waals surface area contributed by atoms with Crippen LogP contribution in [-0.4, -0.2) is 28.2 Å². The van der Waals surface area contributed by atoms with E-state index in [0.29, 0.717) is 11.3 Å². The summed E-state index contributed by atoms with van der Waals surface area (Å²) in [5, 5.41) is 1.94. The highest BCUT2D eigenvalue weighted by Gasteiger charge is 2.41. The number of esters is 1. The Bertz CT molecular complexity index is 724. The summed E-state index contributed by atoms with van der Waals surface area (Å²) in [4.78, 5) is 24.4. The summed E-state index contributed by atoms with van der Waals surface area (Å²) in [6, 6.07) is -0.0582. The van der Waals surface area contributed by atoms with Crippen molar-refractivity contribution in [3.05, 3.63) is 16.8 Å². The van der Waals surface area contributed by atoms with Crippen LogP contribution in [0.5, 0.6) is 0 Å². The maximum Gasteiger partial charge on any atom is 0.471 e. The van der Waals surface area contributed by atoms with Crippen LogP contribution in [0.15, 0.2) is 0 Å². The lowest BCUT2D eigenvalue weighted by Gasteiger charge is -2.27. The molecule has 1 aliphatic carbocycles. The van der Waals surface area contributed by atoms with E-state index >= 15 is 0 Å². The van der Waals surface area contributed by atoms with Gasteiger partial charge in [0.2, 0.25) is 0 Å². The lowest BCUT2D eigenvalue weighted by atomic mass is 9.95. The van der Waals surface area contributed by atoms with Gasteiger partial charge < -0.3 is 14.6 Å². The Morgan fingerprint density at radius 3 is 2.11 bits per heavy atom. The van der Waals surface area contributed by atoms with E-state index in [0.717, 1.165) is 32.1 Å². The quantitative estimate of drug-likeness (QED) is 0.736. The number of hydrogen-bond donors (Lipinski definition) is 1. The molecule has 1 N–H and O–H groups in total. The molecule has 0 aromatic carbocycles. The number of aromatic nitrogens is 1. The summed E-state index contributed by atoms with van der Waals surface area (Å²) < 4.78 is 45.7. The van der Waals surface area contributed by atoms with E-state index in [-0.39, 0.29) is 17.4 Å². The van der Waals surface area contributed by atoms with Crippen molar-refractivity contribution >= 4 is 17.7 Å². The van der Waals surface area contributed by atoms with E-state index in [2.05, 4.69) is 0 Å². The Hall–Kier alpha value is -1.99. The van der Waals surface area contributed by atoms with Crippen LogP contribution in [0.2, 0.25) is 0 Å². The van der Waals surface area contributed by atoms with Crippen molar-refractivity contribution in [2.75, 3.05) is 5.32 Å². The van der Waals surface area contributed by atoms with Crippen molar-refractivity contribution in [2.45, 2.75) is 84.5 Å². The molecule has 1 aromatic heterocycles. The Labute approximate surface area is 157 Å². The lowest BCUT2D eigenvalue weighted by molar-refractivity contribution is -0.167. The summed E-state index contributed by atoms with van der Waals surface area (Å²) in [6.45, 7) is 8.45. The summed E-state index contributed by atoms with van der Waals surface area (Å²) in [6.07, 6.45) is -0.492. The largest absolute Gasteiger partial charge is 0.471 e. The molecule has 0 saturated heterocycles. The van der Waals surface area contributed by atoms with Gasteiger partial charge in [0, 0.05) is 11.7 Å². The predicted molar refractivity (Wildman–Crippen MR) is 95.9 cm³/mol. The normalized spacial score (nSPS) is 16.3. The van der Waals surface area contributed by atoms with E-state index in [9.17, 15) is 22.8 Å². The molecule has 0 aliphatic heterocycles. The number of nitrogens with one attached hydrogen (secondary N) is 1. The van der Waals surface area contributed by atoms with Crippen LogP contribution in [0, 0.1) is 13.8 Å². The standard InChI is InChI=1S/C19H27F3N2O3/c1-11-12(2)24(13-9-7-6-8-10-13)15(23-17(26)19(20,21)22)14(11)16(25)27-18(3,4)5/h13H,6-10H2,1-5H3,(H,23,26). The first-order valence-corrected chi connectivity index (χ1v) is 9.16. The van der Waals surface area contributed by atoms with Crippen LogP contribution in [0.4, 0.5) is 19.0 Å². The van der Waals surface area contributed by atoms with Gasteiger partial charge in [-0.1, -0.05) is 19.3 Å². The van der Waals surface area contributed by atoms with Crippen LogP contribution >= 0.6 is 0 Å². The SMILES string of the molecule is Cc1c(C(=O)OC(C)(C)C)c(NC(=O)C(F)(F)F)n(C2CCCCC2)c1C. The monoisotopic (exact) mass is 388 g/mol. The Morgan fingerprint density at radius 2 is 1.63 bits per heavy atom. The van der Waals surface area contributed by atoms with E-state index in [1.807, 2.05) is 5.32 Å². The number of halogens is 3. The molecule has 0 bridgehead atoms. The van der Waals surface area contributed by atoms with Crippen molar-refractivity contribution in [2.24, 2.45) is 0 Å². The van der Waals surface area contributed by atoms with Crippen LogP contribution < -0.4 is 5.32 Å². The van der Waals surface area contributed by atoms with Gasteiger partial charge >= 0.3 is 18.1 Å². The van der Waals surface area contributed by atoms with Gasteiger partial charge in [-0.25, -0.2) is 4.79 Å². The third-order valence-electron chi connectivity index (χ3n) is 4.79. The van der Waals surface area contributed by atoms with Crippen LogP contribution in [0.3, 0.4) is 0 Å². The molecule has 1 saturated carbocycles. The molecule has 1 aromatic rings. The van der Waals surface area contributed by atoms with Gasteiger partial charge in [-0.05, 0) is 53.0 Å². The fourth-order valence-corrected chi connectivity index (χ4v) is 3.50. The summed E-state index contributed by atoms with van der Waals surface area (Å²) in [5.74, 6) is -2.95. The molecular formula is C19H27F3N2O3. The number of amides is 1. The highest BCUT2D eigenvalue weighted by molar-refractivity contribution is 6.03. The molecule has 0 spiro atoms. The molecule has 1 amide bonds. The zero-order valence-electron chi connectivity index (χ0n) is 16.4. The number of nitrogens with zero attached hydrogens (tertiary/aromatic N) is 1. The molecule has 1 heterocycles. The molecule has 1 aliphatic rings. The molecule has 0 radical (unpaired) electrons. The number of hydrogen-bond acceptors (Lipinski definition) is 3. The number of rotatable bonds is 3. The molecule has 8 heteroatoms. The molecule has 152 valence electrons. The average Bonchev–Trinajstić information content (AvgIpc) is 2.76. The fourth-order valence-electron chi connectivity index (χ4n) is 3.50. The molecule has 2 rings (SSSR count). The maximum atomic E-state index is 12.9. The number of carbonyl (C=O) groups excluding carboxylic acids is 2. The number of alkyl halides is 3. The van der Waals surface area contributed by atoms with Crippen LogP contribution in [0.25, 0.3) is 0 Å². The van der Waals surface area contributed by atoms with Gasteiger partial charge in [-0.3, -0.25) is 4.79 Å². The molecule has 0 atom stereocenters. The number of ether oxygens (including phenoxy) is 1. The minimum Gasteiger partial charge on any atom is -0.456 e. The van der Waals surface area contributed by atoms with E-state index < -0.39 is 23.7 Å². The Balaban J connectivity index is 2.57. The van der Waals surface area contributed by atoms with E-state index in [1.54, 1.807) is 39.2 Å². The zero-order valence-corrected chi connectivity index (χ0v) is 16.4. The second-order valence-electron chi connectivity index (χ2n) is 8.05. The fraction of sp³-hybridized carbons (Fsp3) is 0.684. The van der Waals surface area contributed by atoms with Gasteiger partial charge in [0.05, 0.1) is 0 Å². The summed E-state index contributed by atoms with van der Waals surface area (Å²) in [5.41, 5.74) is 0.369. The molecule has 5 nitrogen and oxygen atoms in total. The first kappa shape index (κ1) is 21.3. The second kappa shape index (κ2) is 7.56. The van der Waals surface area contributed by atoms with Crippen LogP contribution in [0.1, 0.15) is 80.5 Å². The van der Waals surface area contributed by atoms with Crippen LogP contribution in [-0.2, 0) is 9.53 Å². The zero-order chi connectivity index (χ0) is 20.6. The predicted octanol–water partition coefficient (Wildman–Crippen LogP) is 5.07. The topological polar surface area (TPSA) is 60.3 Å². The van der Waals surface area contributed by atoms with Crippen molar-refractivity contribution < 1.29 is 27.5 Å². The number of carbonyl (C=O) groups is 2. The van der Waals surface area contributed by atoms with Gasteiger partial charge in [0.1, 0.15) is 17.0 Å². The van der Waals surface area contributed by atoms with Crippen molar-refractivity contribution in [3.63, 3.8) is 0 Å². The van der Waals surface area contributed by atoms with E-state index in [1.165, 1.54) is 0 Å². The van der Waals surface area contributed by atoms with E-state index in [4.69, 9.17) is 4.74 Å². The molecular weight excluding hydrogens is 361 g/mol. The van der Waals surface area contributed by atoms with Crippen molar-refractivity contribution in [1.29, 1.82) is 0 Å². The highest BCUT2D eigenvalue weighted by atomic mass is 19.4.